The van der Waals surface area contributed by atoms with Gasteiger partial charge in [-0.1, -0.05) is 13.8 Å². The van der Waals surface area contributed by atoms with E-state index >= 15 is 0 Å². The number of anilines is 2. The zero-order valence-corrected chi connectivity index (χ0v) is 21.3. The fraction of sp³-hybridized carbons (Fsp3) is 0.333. The molecule has 2 aromatic heterocycles. The van der Waals surface area contributed by atoms with Crippen molar-refractivity contribution in [3.8, 4) is 11.5 Å². The van der Waals surface area contributed by atoms with Gasteiger partial charge in [0.25, 0.3) is 17.7 Å². The predicted molar refractivity (Wildman–Crippen MR) is 135 cm³/mol. The van der Waals surface area contributed by atoms with Crippen molar-refractivity contribution in [3.05, 3.63) is 52.9 Å². The van der Waals surface area contributed by atoms with Gasteiger partial charge >= 0.3 is 0 Å². The van der Waals surface area contributed by atoms with E-state index in [2.05, 4.69) is 9.69 Å². The maximum atomic E-state index is 14.0. The zero-order valence-electron chi connectivity index (χ0n) is 20.4. The van der Waals surface area contributed by atoms with Crippen molar-refractivity contribution in [2.45, 2.75) is 26.3 Å². The van der Waals surface area contributed by atoms with Crippen LogP contribution in [0.2, 0.25) is 0 Å². The third kappa shape index (κ3) is 5.60. The Morgan fingerprint density at radius 1 is 1.19 bits per heavy atom. The van der Waals surface area contributed by atoms with Crippen molar-refractivity contribution >= 4 is 40.6 Å². The number of amides is 3. The highest BCUT2D eigenvalue weighted by molar-refractivity contribution is 7.09. The van der Waals surface area contributed by atoms with Gasteiger partial charge in [0.1, 0.15) is 22.1 Å². The van der Waals surface area contributed by atoms with Crippen LogP contribution in [0.25, 0.3) is 0 Å². The van der Waals surface area contributed by atoms with Gasteiger partial charge in [-0.15, -0.1) is 0 Å². The van der Waals surface area contributed by atoms with Crippen LogP contribution in [0.3, 0.4) is 0 Å². The molecule has 0 unspecified atom stereocenters. The number of nitrogens with one attached hydrogen (secondary N) is 1. The van der Waals surface area contributed by atoms with Gasteiger partial charge in [0, 0.05) is 12.6 Å². The second-order valence-electron chi connectivity index (χ2n) is 8.24. The molecule has 5 N–H and O–H groups in total. The Kier molecular flexibility index (Phi) is 8.54. The lowest BCUT2D eigenvalue weighted by Gasteiger charge is -2.31. The first-order valence-electron chi connectivity index (χ1n) is 11.1. The van der Waals surface area contributed by atoms with E-state index in [1.807, 2.05) is 13.8 Å². The summed E-state index contributed by atoms with van der Waals surface area (Å²) in [4.78, 5) is 40.4. The number of methoxy groups -OCH3 is 2. The van der Waals surface area contributed by atoms with Gasteiger partial charge in [-0.2, -0.15) is 4.37 Å². The molecule has 1 aromatic carbocycles. The number of nitrogens with two attached hydrogens (primary N) is 2. The lowest BCUT2D eigenvalue weighted by Crippen LogP contribution is -2.44. The topological polar surface area (TPSA) is 163 Å². The Morgan fingerprint density at radius 2 is 1.94 bits per heavy atom. The standard InChI is InChI=1S/C24H29N5O6S/c1-13(2)9-10-27-23(31)20(16-6-5-11-35-16)29(15-8-7-14(33-3)12-17(15)34-4)24(32)21-18(25)19(22(26)30)28-36-21/h5-8,11-13,20H,9-10,25H2,1-4H3,(H2,26,30)(H,27,31)/t20-/m1/s1. The molecule has 0 bridgehead atoms. The van der Waals surface area contributed by atoms with Crippen LogP contribution in [0.1, 0.15) is 52.2 Å². The summed E-state index contributed by atoms with van der Waals surface area (Å²) in [5.74, 6) is -0.737. The monoisotopic (exact) mass is 515 g/mol. The van der Waals surface area contributed by atoms with E-state index < -0.39 is 23.8 Å². The number of nitrogens with zero attached hydrogens (tertiary/aromatic N) is 2. The van der Waals surface area contributed by atoms with Crippen LogP contribution in [-0.4, -0.2) is 42.9 Å². The number of ether oxygens (including phenoxy) is 2. The highest BCUT2D eigenvalue weighted by Crippen LogP contribution is 2.39. The van der Waals surface area contributed by atoms with Gasteiger partial charge in [0.2, 0.25) is 0 Å². The number of benzene rings is 1. The SMILES string of the molecule is COc1ccc(N(C(=O)c2snc(C(N)=O)c2N)[C@@H](C(=O)NCCC(C)C)c2ccco2)c(OC)c1. The summed E-state index contributed by atoms with van der Waals surface area (Å²) in [6.07, 6.45) is 2.14. The van der Waals surface area contributed by atoms with Gasteiger partial charge in [0.15, 0.2) is 11.7 Å². The second kappa shape index (κ2) is 11.6. The van der Waals surface area contributed by atoms with Gasteiger partial charge in [-0.3, -0.25) is 19.3 Å². The highest BCUT2D eigenvalue weighted by Gasteiger charge is 2.39. The zero-order chi connectivity index (χ0) is 26.4. The summed E-state index contributed by atoms with van der Waals surface area (Å²) in [5.41, 5.74) is 11.3. The molecule has 0 saturated heterocycles. The van der Waals surface area contributed by atoms with E-state index in [0.717, 1.165) is 6.42 Å². The first kappa shape index (κ1) is 26.5. The van der Waals surface area contributed by atoms with E-state index in [9.17, 15) is 14.4 Å². The summed E-state index contributed by atoms with van der Waals surface area (Å²) in [7, 11) is 2.92. The third-order valence-electron chi connectivity index (χ3n) is 5.36. The Labute approximate surface area is 212 Å². The maximum absolute atomic E-state index is 14.0. The smallest absolute Gasteiger partial charge is 0.273 e. The molecule has 0 aliphatic heterocycles. The number of furan rings is 1. The average Bonchev–Trinajstić information content (AvgIpc) is 3.51. The summed E-state index contributed by atoms with van der Waals surface area (Å²) >= 11 is 0.710. The molecule has 11 nitrogen and oxygen atoms in total. The van der Waals surface area contributed by atoms with Crippen LogP contribution in [0.15, 0.2) is 41.0 Å². The van der Waals surface area contributed by atoms with Gasteiger partial charge in [-0.25, -0.2) is 0 Å². The molecule has 3 rings (SSSR count). The molecular weight excluding hydrogens is 486 g/mol. The molecular formula is C24H29N5O6S. The van der Waals surface area contributed by atoms with E-state index in [-0.39, 0.29) is 33.5 Å². The first-order valence-corrected chi connectivity index (χ1v) is 11.9. The first-order chi connectivity index (χ1) is 17.2. The van der Waals surface area contributed by atoms with Crippen LogP contribution in [0, 0.1) is 5.92 Å². The van der Waals surface area contributed by atoms with Crippen LogP contribution in [-0.2, 0) is 4.79 Å². The fourth-order valence-corrected chi connectivity index (χ4v) is 4.23. The maximum Gasteiger partial charge on any atom is 0.273 e. The molecule has 0 aliphatic carbocycles. The minimum Gasteiger partial charge on any atom is -0.497 e. The number of rotatable bonds is 11. The molecule has 3 aromatic rings. The second-order valence-corrected chi connectivity index (χ2v) is 9.02. The summed E-state index contributed by atoms with van der Waals surface area (Å²) in [5, 5.41) is 2.88. The van der Waals surface area contributed by atoms with Gasteiger partial charge in [0.05, 0.1) is 31.9 Å². The van der Waals surface area contributed by atoms with E-state index in [0.29, 0.717) is 29.7 Å². The number of nitrogen functional groups attached to an aromatic ring is 1. The van der Waals surface area contributed by atoms with Crippen molar-refractivity contribution in [3.63, 3.8) is 0 Å². The van der Waals surface area contributed by atoms with Gasteiger partial charge < -0.3 is 30.7 Å². The Hall–Kier alpha value is -4.06. The third-order valence-corrected chi connectivity index (χ3v) is 6.21. The minimum absolute atomic E-state index is 0.0618. The summed E-state index contributed by atoms with van der Waals surface area (Å²) in [6, 6.07) is 6.76. The largest absolute Gasteiger partial charge is 0.497 e. The van der Waals surface area contributed by atoms with Crippen LogP contribution >= 0.6 is 11.5 Å². The Morgan fingerprint density at radius 3 is 2.50 bits per heavy atom. The van der Waals surface area contributed by atoms with Gasteiger partial charge in [-0.05, 0) is 48.1 Å². The van der Waals surface area contributed by atoms with Crippen LogP contribution in [0.5, 0.6) is 11.5 Å². The van der Waals surface area contributed by atoms with Crippen molar-refractivity contribution in [2.24, 2.45) is 11.7 Å². The predicted octanol–water partition coefficient (Wildman–Crippen LogP) is 2.98. The average molecular weight is 516 g/mol. The van der Waals surface area contributed by atoms with Crippen LogP contribution < -0.4 is 31.2 Å². The number of carbonyl (C=O) groups excluding carboxylic acids is 3. The molecule has 192 valence electrons. The minimum atomic E-state index is -1.24. The molecule has 3 amide bonds. The molecule has 0 aliphatic rings. The quantitative estimate of drug-likeness (QED) is 0.351. The van der Waals surface area contributed by atoms with Crippen molar-refractivity contribution < 1.29 is 28.3 Å². The van der Waals surface area contributed by atoms with E-state index in [4.69, 9.17) is 25.4 Å². The molecule has 2 heterocycles. The molecule has 0 radical (unpaired) electrons. The van der Waals surface area contributed by atoms with Crippen molar-refractivity contribution in [1.29, 1.82) is 0 Å². The fourth-order valence-electron chi connectivity index (χ4n) is 3.49. The Bertz CT molecular complexity index is 1220. The van der Waals surface area contributed by atoms with Crippen molar-refractivity contribution in [2.75, 3.05) is 31.4 Å². The molecule has 1 atom stereocenters. The Balaban J connectivity index is 2.19. The van der Waals surface area contributed by atoms with Crippen molar-refractivity contribution in [1.82, 2.24) is 9.69 Å². The number of aromatic nitrogens is 1. The molecule has 36 heavy (non-hydrogen) atoms. The molecule has 0 spiro atoms. The number of primary amides is 1. The molecule has 0 saturated carbocycles. The lowest BCUT2D eigenvalue weighted by molar-refractivity contribution is -0.122. The molecule has 12 heteroatoms. The highest BCUT2D eigenvalue weighted by atomic mass is 32.1. The van der Waals surface area contributed by atoms with E-state index in [1.165, 1.54) is 25.4 Å². The summed E-state index contributed by atoms with van der Waals surface area (Å²) in [6.45, 7) is 4.47. The number of hydrogen-bond donors (Lipinski definition) is 3. The lowest BCUT2D eigenvalue weighted by atomic mass is 10.1. The normalized spacial score (nSPS) is 11.7. The number of carbonyl (C=O) groups is 3. The molecule has 0 fully saturated rings. The summed E-state index contributed by atoms with van der Waals surface area (Å²) < 4.78 is 20.3. The van der Waals surface area contributed by atoms with E-state index in [1.54, 1.807) is 30.3 Å². The van der Waals surface area contributed by atoms with Crippen LogP contribution in [0.4, 0.5) is 11.4 Å². The number of hydrogen-bond acceptors (Lipinski definition) is 9.